The average Bonchev–Trinajstić information content (AvgIpc) is 3.52. The number of carbonyl (C=O) groups excluding carboxylic acids is 3. The number of ketones is 1. The van der Waals surface area contributed by atoms with Gasteiger partial charge in [-0.05, 0) is 51.6 Å². The molecule has 182 valence electrons. The van der Waals surface area contributed by atoms with E-state index in [1.807, 2.05) is 36.1 Å². The molecule has 7 nitrogen and oxygen atoms in total. The molecule has 0 radical (unpaired) electrons. The number of thiazole rings is 1. The number of aromatic nitrogens is 1. The molecule has 2 unspecified atom stereocenters. The van der Waals surface area contributed by atoms with Crippen LogP contribution in [0.1, 0.15) is 77.6 Å². The monoisotopic (exact) mass is 482 g/mol. The van der Waals surface area contributed by atoms with Crippen molar-refractivity contribution in [3.05, 3.63) is 51.5 Å². The zero-order chi connectivity index (χ0) is 24.1. The second-order valence-corrected chi connectivity index (χ2v) is 10.3. The van der Waals surface area contributed by atoms with E-state index in [1.165, 1.54) is 17.8 Å². The van der Waals surface area contributed by atoms with Crippen LogP contribution in [0.3, 0.4) is 0 Å². The molecule has 2 N–H and O–H groups in total. The average molecular weight is 483 g/mol. The molecule has 1 saturated heterocycles. The maximum Gasteiger partial charge on any atom is 0.246 e. The lowest BCUT2D eigenvalue weighted by Crippen LogP contribution is -2.53. The summed E-state index contributed by atoms with van der Waals surface area (Å²) in [5.41, 5.74) is 2.08. The maximum atomic E-state index is 13.8. The van der Waals surface area contributed by atoms with E-state index in [0.29, 0.717) is 17.8 Å². The number of likely N-dealkylation sites (tertiary alicyclic amines) is 1. The smallest absolute Gasteiger partial charge is 0.246 e. The van der Waals surface area contributed by atoms with Crippen LogP contribution in [-0.2, 0) is 9.59 Å². The summed E-state index contributed by atoms with van der Waals surface area (Å²) in [6.07, 6.45) is 7.00. The molecule has 1 saturated carbocycles. The van der Waals surface area contributed by atoms with E-state index in [9.17, 15) is 14.4 Å². The fraction of sp³-hybridized carbons (Fsp3) is 0.538. The van der Waals surface area contributed by atoms with E-state index in [0.717, 1.165) is 49.1 Å². The predicted molar refractivity (Wildman–Crippen MR) is 133 cm³/mol. The minimum atomic E-state index is -0.505. The number of likely N-dealkylation sites (N-methyl/N-ethyl adjacent to an activating group) is 1. The molecule has 8 heteroatoms. The summed E-state index contributed by atoms with van der Waals surface area (Å²) >= 11 is 1.44. The number of nitrogens with one attached hydrogen (secondary N) is 2. The molecule has 1 aromatic carbocycles. The Hall–Kier alpha value is -2.58. The molecule has 2 aliphatic rings. The third-order valence-electron chi connectivity index (χ3n) is 6.90. The summed E-state index contributed by atoms with van der Waals surface area (Å²) in [5, 5.41) is 8.49. The molecular formula is C26H34N4O3S. The number of benzene rings is 1. The Balaban J connectivity index is 1.52. The van der Waals surface area contributed by atoms with Crippen molar-refractivity contribution in [2.24, 2.45) is 5.92 Å². The minimum absolute atomic E-state index is 0.0133. The minimum Gasteiger partial charge on any atom is -0.343 e. The predicted octanol–water partition coefficient (Wildman–Crippen LogP) is 3.63. The van der Waals surface area contributed by atoms with Gasteiger partial charge in [0.15, 0.2) is 0 Å². The van der Waals surface area contributed by atoms with Crippen molar-refractivity contribution in [3.8, 4) is 0 Å². The Morgan fingerprint density at radius 3 is 2.68 bits per heavy atom. The summed E-state index contributed by atoms with van der Waals surface area (Å²) in [6.45, 7) is 2.80. The maximum absolute atomic E-state index is 13.8. The molecule has 2 aromatic rings. The van der Waals surface area contributed by atoms with Crippen molar-refractivity contribution in [1.82, 2.24) is 20.5 Å². The van der Waals surface area contributed by atoms with Gasteiger partial charge in [-0.25, -0.2) is 4.98 Å². The van der Waals surface area contributed by atoms with Crippen LogP contribution < -0.4 is 10.6 Å². The second kappa shape index (κ2) is 11.2. The van der Waals surface area contributed by atoms with Crippen LogP contribution in [0.25, 0.3) is 0 Å². The van der Waals surface area contributed by atoms with Crippen molar-refractivity contribution in [2.45, 2.75) is 64.0 Å². The molecular weight excluding hydrogens is 448 g/mol. The highest BCUT2D eigenvalue weighted by Gasteiger charge is 2.39. The van der Waals surface area contributed by atoms with E-state index in [1.54, 1.807) is 12.4 Å². The van der Waals surface area contributed by atoms with Gasteiger partial charge < -0.3 is 15.5 Å². The Morgan fingerprint density at radius 2 is 1.94 bits per heavy atom. The first kappa shape index (κ1) is 24.5. The number of hydrogen-bond acceptors (Lipinski definition) is 6. The Kier molecular flexibility index (Phi) is 8.11. The van der Waals surface area contributed by atoms with Gasteiger partial charge in [-0.1, -0.05) is 43.0 Å². The summed E-state index contributed by atoms with van der Waals surface area (Å²) in [5.74, 6) is -0.0948. The highest BCUT2D eigenvalue weighted by molar-refractivity contribution is 7.10. The quantitative estimate of drug-likeness (QED) is 0.561. The van der Waals surface area contributed by atoms with Gasteiger partial charge in [0.05, 0.1) is 12.6 Å². The first-order chi connectivity index (χ1) is 16.5. The summed E-state index contributed by atoms with van der Waals surface area (Å²) in [4.78, 5) is 45.7. The molecule has 1 aliphatic heterocycles. The van der Waals surface area contributed by atoms with Gasteiger partial charge in [0.1, 0.15) is 16.7 Å². The molecule has 0 spiro atoms. The lowest BCUT2D eigenvalue weighted by molar-refractivity contribution is -0.139. The van der Waals surface area contributed by atoms with Crippen molar-refractivity contribution in [1.29, 1.82) is 0 Å². The first-order valence-electron chi connectivity index (χ1n) is 12.3. The Morgan fingerprint density at radius 1 is 1.15 bits per heavy atom. The summed E-state index contributed by atoms with van der Waals surface area (Å²) < 4.78 is 0. The van der Waals surface area contributed by atoms with E-state index < -0.39 is 6.04 Å². The van der Waals surface area contributed by atoms with Crippen LogP contribution in [-0.4, -0.2) is 53.7 Å². The number of hydrogen-bond donors (Lipinski definition) is 2. The van der Waals surface area contributed by atoms with Crippen LogP contribution >= 0.6 is 11.3 Å². The topological polar surface area (TPSA) is 91.4 Å². The molecule has 1 aliphatic carbocycles. The van der Waals surface area contributed by atoms with Gasteiger partial charge in [0.2, 0.25) is 17.6 Å². The molecule has 0 bridgehead atoms. The number of carbonyl (C=O) groups is 3. The molecule has 1 aromatic heterocycles. The van der Waals surface area contributed by atoms with Crippen molar-refractivity contribution >= 4 is 28.9 Å². The zero-order valence-electron chi connectivity index (χ0n) is 20.0. The van der Waals surface area contributed by atoms with Gasteiger partial charge in [0, 0.05) is 17.5 Å². The van der Waals surface area contributed by atoms with E-state index >= 15 is 0 Å². The van der Waals surface area contributed by atoms with E-state index in [-0.39, 0.29) is 36.1 Å². The van der Waals surface area contributed by atoms with E-state index in [2.05, 4.69) is 15.6 Å². The lowest BCUT2D eigenvalue weighted by Gasteiger charge is -2.34. The normalized spacial score (nSPS) is 19.7. The van der Waals surface area contributed by atoms with Crippen LogP contribution in [0.15, 0.2) is 29.6 Å². The number of rotatable bonds is 8. The van der Waals surface area contributed by atoms with Crippen LogP contribution in [0.4, 0.5) is 0 Å². The van der Waals surface area contributed by atoms with Crippen LogP contribution in [0, 0.1) is 12.8 Å². The van der Waals surface area contributed by atoms with E-state index in [4.69, 9.17) is 0 Å². The van der Waals surface area contributed by atoms with Crippen molar-refractivity contribution in [2.75, 3.05) is 20.1 Å². The third kappa shape index (κ3) is 5.55. The fourth-order valence-corrected chi connectivity index (χ4v) is 6.12. The highest BCUT2D eigenvalue weighted by atomic mass is 32.1. The van der Waals surface area contributed by atoms with Gasteiger partial charge >= 0.3 is 0 Å². The molecule has 34 heavy (non-hydrogen) atoms. The van der Waals surface area contributed by atoms with Crippen molar-refractivity contribution < 1.29 is 14.4 Å². The third-order valence-corrected chi connectivity index (χ3v) is 7.84. The van der Waals surface area contributed by atoms with Gasteiger partial charge in [0.25, 0.3) is 0 Å². The largest absolute Gasteiger partial charge is 0.343 e. The lowest BCUT2D eigenvalue weighted by atomic mass is 9.83. The van der Waals surface area contributed by atoms with Gasteiger partial charge in [-0.15, -0.1) is 11.3 Å². The Labute approximate surface area is 205 Å². The number of nitrogens with zero attached hydrogens (tertiary/aromatic N) is 2. The number of amides is 2. The summed E-state index contributed by atoms with van der Waals surface area (Å²) in [7, 11) is 1.73. The molecule has 4 rings (SSSR count). The van der Waals surface area contributed by atoms with Gasteiger partial charge in [-0.2, -0.15) is 0 Å². The summed E-state index contributed by atoms with van der Waals surface area (Å²) in [6, 6.07) is 6.86. The first-order valence-corrected chi connectivity index (χ1v) is 13.2. The van der Waals surface area contributed by atoms with Crippen LogP contribution in [0.2, 0.25) is 0 Å². The molecule has 2 fully saturated rings. The zero-order valence-corrected chi connectivity index (χ0v) is 20.8. The standard InChI is InChI=1S/C26H34N4O3S/c1-17-8-6-11-19(14-17)24(32)20-16-34-25(28-20)21-12-7-13-30(21)26(33)23(29-22(31)15-27-2)18-9-4-3-5-10-18/h6,8,11,14,16,18,21,23,27H,3-5,7,9-10,12-13,15H2,1-2H3,(H,29,31). The molecule has 2 heterocycles. The highest BCUT2D eigenvalue weighted by Crippen LogP contribution is 2.36. The Bertz CT molecular complexity index is 1030. The van der Waals surface area contributed by atoms with Gasteiger partial charge in [-0.3, -0.25) is 14.4 Å². The number of aryl methyl sites for hydroxylation is 1. The molecule has 2 amide bonds. The van der Waals surface area contributed by atoms with Crippen LogP contribution in [0.5, 0.6) is 0 Å². The fourth-order valence-electron chi connectivity index (χ4n) is 5.18. The second-order valence-electron chi connectivity index (χ2n) is 9.43. The molecule has 2 atom stereocenters. The van der Waals surface area contributed by atoms with Crippen molar-refractivity contribution in [3.63, 3.8) is 0 Å². The SMILES string of the molecule is CNCC(=O)NC(C(=O)N1CCCC1c1nc(C(=O)c2cccc(C)c2)cs1)C1CCCCC1.